The monoisotopic (exact) mass is 297 g/mol. The average Bonchev–Trinajstić information content (AvgIpc) is 2.26. The van der Waals surface area contributed by atoms with Gasteiger partial charge in [-0.3, -0.25) is 9.59 Å². The Labute approximate surface area is 114 Å². The SMILES string of the molecule is CC(C)(CC(=O)N1CCOCC1CC(=O)O)C(F)(F)F. The van der Waals surface area contributed by atoms with E-state index in [2.05, 4.69) is 0 Å². The number of nitrogens with zero attached hydrogens (tertiary/aromatic N) is 1. The fraction of sp³-hybridized carbons (Fsp3) is 0.833. The topological polar surface area (TPSA) is 66.8 Å². The minimum atomic E-state index is -4.49. The quantitative estimate of drug-likeness (QED) is 0.857. The maximum Gasteiger partial charge on any atom is 0.394 e. The third-order valence-electron chi connectivity index (χ3n) is 3.32. The van der Waals surface area contributed by atoms with E-state index in [0.717, 1.165) is 13.8 Å². The molecule has 0 aromatic heterocycles. The Morgan fingerprint density at radius 3 is 2.45 bits per heavy atom. The molecule has 8 heteroatoms. The predicted octanol–water partition coefficient (Wildman–Crippen LogP) is 1.67. The summed E-state index contributed by atoms with van der Waals surface area (Å²) in [5, 5.41) is 8.75. The van der Waals surface area contributed by atoms with Gasteiger partial charge in [-0.05, 0) is 0 Å². The van der Waals surface area contributed by atoms with Crippen LogP contribution in [-0.4, -0.2) is 53.9 Å². The number of carbonyl (C=O) groups is 2. The van der Waals surface area contributed by atoms with Crippen molar-refractivity contribution in [3.05, 3.63) is 0 Å². The molecule has 1 saturated heterocycles. The van der Waals surface area contributed by atoms with Crippen molar-refractivity contribution in [2.45, 2.75) is 38.9 Å². The summed E-state index contributed by atoms with van der Waals surface area (Å²) >= 11 is 0. The van der Waals surface area contributed by atoms with E-state index in [9.17, 15) is 22.8 Å². The van der Waals surface area contributed by atoms with Crippen molar-refractivity contribution in [3.63, 3.8) is 0 Å². The summed E-state index contributed by atoms with van der Waals surface area (Å²) in [6.07, 6.45) is -5.53. The highest BCUT2D eigenvalue weighted by molar-refractivity contribution is 5.78. The summed E-state index contributed by atoms with van der Waals surface area (Å²) in [5.74, 6) is -1.81. The molecule has 0 aliphatic carbocycles. The first kappa shape index (κ1) is 16.7. The van der Waals surface area contributed by atoms with Crippen LogP contribution in [0.25, 0.3) is 0 Å². The molecule has 1 fully saturated rings. The molecule has 0 radical (unpaired) electrons. The van der Waals surface area contributed by atoms with Gasteiger partial charge < -0.3 is 14.7 Å². The lowest BCUT2D eigenvalue weighted by atomic mass is 9.87. The highest BCUT2D eigenvalue weighted by Gasteiger charge is 2.49. The molecule has 116 valence electrons. The van der Waals surface area contributed by atoms with Gasteiger partial charge >= 0.3 is 12.1 Å². The molecule has 0 aromatic carbocycles. The predicted molar refractivity (Wildman–Crippen MR) is 63.0 cm³/mol. The normalized spacial score (nSPS) is 20.9. The summed E-state index contributed by atoms with van der Waals surface area (Å²) in [6.45, 7) is 2.26. The molecule has 0 bridgehead atoms. The lowest BCUT2D eigenvalue weighted by Crippen LogP contribution is -2.51. The van der Waals surface area contributed by atoms with E-state index in [1.165, 1.54) is 4.90 Å². The van der Waals surface area contributed by atoms with Gasteiger partial charge in [0.25, 0.3) is 0 Å². The Bertz CT molecular complexity index is 381. The standard InChI is InChI=1S/C12H18F3NO4/c1-11(2,12(13,14)15)6-9(17)16-3-4-20-7-8(16)5-10(18)19/h8H,3-7H2,1-2H3,(H,18,19). The Morgan fingerprint density at radius 2 is 1.95 bits per heavy atom. The zero-order valence-electron chi connectivity index (χ0n) is 11.4. The van der Waals surface area contributed by atoms with Crippen molar-refractivity contribution in [2.24, 2.45) is 5.41 Å². The number of halogens is 3. The van der Waals surface area contributed by atoms with E-state index in [1.54, 1.807) is 0 Å². The van der Waals surface area contributed by atoms with Crippen LogP contribution in [0.4, 0.5) is 13.2 Å². The highest BCUT2D eigenvalue weighted by Crippen LogP contribution is 2.40. The lowest BCUT2D eigenvalue weighted by Gasteiger charge is -2.37. The van der Waals surface area contributed by atoms with Gasteiger partial charge in [0.05, 0.1) is 31.1 Å². The van der Waals surface area contributed by atoms with Crippen LogP contribution in [0.3, 0.4) is 0 Å². The first-order valence-corrected chi connectivity index (χ1v) is 6.20. The van der Waals surface area contributed by atoms with Crippen molar-refractivity contribution in [1.29, 1.82) is 0 Å². The Balaban J connectivity index is 2.76. The summed E-state index contributed by atoms with van der Waals surface area (Å²) in [5.41, 5.74) is -2.14. The number of morpholine rings is 1. The number of amides is 1. The van der Waals surface area contributed by atoms with Gasteiger partial charge in [0.1, 0.15) is 0 Å². The fourth-order valence-corrected chi connectivity index (χ4v) is 1.93. The number of ether oxygens (including phenoxy) is 1. The van der Waals surface area contributed by atoms with Gasteiger partial charge in [-0.15, -0.1) is 0 Å². The Kier molecular flexibility index (Phi) is 5.01. The maximum absolute atomic E-state index is 12.8. The van der Waals surface area contributed by atoms with Gasteiger partial charge in [-0.1, -0.05) is 13.8 Å². The van der Waals surface area contributed by atoms with E-state index < -0.39 is 35.9 Å². The van der Waals surface area contributed by atoms with Crippen LogP contribution < -0.4 is 0 Å². The minimum absolute atomic E-state index is 0.0322. The molecular weight excluding hydrogens is 279 g/mol. The minimum Gasteiger partial charge on any atom is -0.481 e. The van der Waals surface area contributed by atoms with Gasteiger partial charge in [-0.25, -0.2) is 0 Å². The van der Waals surface area contributed by atoms with Crippen molar-refractivity contribution < 1.29 is 32.6 Å². The van der Waals surface area contributed by atoms with Gasteiger partial charge in [0.2, 0.25) is 5.91 Å². The lowest BCUT2D eigenvalue weighted by molar-refractivity contribution is -0.216. The molecular formula is C12H18F3NO4. The van der Waals surface area contributed by atoms with Crippen LogP contribution in [0.1, 0.15) is 26.7 Å². The van der Waals surface area contributed by atoms with Crippen molar-refractivity contribution in [3.8, 4) is 0 Å². The third-order valence-corrected chi connectivity index (χ3v) is 3.32. The molecule has 1 amide bonds. The van der Waals surface area contributed by atoms with Crippen molar-refractivity contribution in [1.82, 2.24) is 4.90 Å². The number of alkyl halides is 3. The van der Waals surface area contributed by atoms with E-state index >= 15 is 0 Å². The molecule has 0 spiro atoms. The van der Waals surface area contributed by atoms with Crippen molar-refractivity contribution in [2.75, 3.05) is 19.8 Å². The molecule has 1 aliphatic heterocycles. The number of aliphatic carboxylic acids is 1. The first-order chi connectivity index (χ1) is 9.04. The van der Waals surface area contributed by atoms with Crippen LogP contribution in [-0.2, 0) is 14.3 Å². The highest BCUT2D eigenvalue weighted by atomic mass is 19.4. The molecule has 1 unspecified atom stereocenters. The van der Waals surface area contributed by atoms with Gasteiger partial charge in [0.15, 0.2) is 0 Å². The summed E-state index contributed by atoms with van der Waals surface area (Å²) in [6, 6.07) is -0.710. The van der Waals surface area contributed by atoms with Crippen LogP contribution in [0.15, 0.2) is 0 Å². The summed E-state index contributed by atoms with van der Waals surface area (Å²) in [4.78, 5) is 23.9. The molecule has 1 aliphatic rings. The van der Waals surface area contributed by atoms with Crippen LogP contribution in [0.5, 0.6) is 0 Å². The van der Waals surface area contributed by atoms with E-state index in [0.29, 0.717) is 0 Å². The maximum atomic E-state index is 12.8. The van der Waals surface area contributed by atoms with E-state index in [-0.39, 0.29) is 26.2 Å². The summed E-state index contributed by atoms with van der Waals surface area (Å²) in [7, 11) is 0. The average molecular weight is 297 g/mol. The Hall–Kier alpha value is -1.31. The van der Waals surface area contributed by atoms with Crippen molar-refractivity contribution >= 4 is 11.9 Å². The molecule has 1 N–H and O–H groups in total. The van der Waals surface area contributed by atoms with Crippen LogP contribution in [0.2, 0.25) is 0 Å². The second kappa shape index (κ2) is 5.99. The zero-order valence-corrected chi connectivity index (χ0v) is 11.4. The third kappa shape index (κ3) is 4.09. The fourth-order valence-electron chi connectivity index (χ4n) is 1.93. The molecule has 1 atom stereocenters. The van der Waals surface area contributed by atoms with Gasteiger partial charge in [-0.2, -0.15) is 13.2 Å². The molecule has 20 heavy (non-hydrogen) atoms. The van der Waals surface area contributed by atoms with Crippen LogP contribution in [0, 0.1) is 5.41 Å². The number of rotatable bonds is 4. The van der Waals surface area contributed by atoms with E-state index in [4.69, 9.17) is 9.84 Å². The zero-order chi connectivity index (χ0) is 15.6. The molecule has 0 aromatic rings. The summed E-state index contributed by atoms with van der Waals surface area (Å²) < 4.78 is 43.4. The number of carbonyl (C=O) groups excluding carboxylic acids is 1. The molecule has 5 nitrogen and oxygen atoms in total. The number of hydrogen-bond donors (Lipinski definition) is 1. The first-order valence-electron chi connectivity index (χ1n) is 6.20. The Morgan fingerprint density at radius 1 is 1.35 bits per heavy atom. The second-order valence-electron chi connectivity index (χ2n) is 5.47. The molecule has 1 heterocycles. The largest absolute Gasteiger partial charge is 0.481 e. The molecule has 0 saturated carbocycles. The molecule has 1 rings (SSSR count). The number of carboxylic acids is 1. The van der Waals surface area contributed by atoms with E-state index in [1.807, 2.05) is 0 Å². The van der Waals surface area contributed by atoms with Gasteiger partial charge in [0, 0.05) is 13.0 Å². The second-order valence-corrected chi connectivity index (χ2v) is 5.47. The van der Waals surface area contributed by atoms with Crippen LogP contribution >= 0.6 is 0 Å². The number of hydrogen-bond acceptors (Lipinski definition) is 3. The number of carboxylic acid groups (broad SMARTS) is 1. The smallest absolute Gasteiger partial charge is 0.394 e.